The maximum Gasteiger partial charge on any atom is 0.224 e. The first kappa shape index (κ1) is 12.4. The number of rotatable bonds is 1. The van der Waals surface area contributed by atoms with Crippen molar-refractivity contribution in [3.63, 3.8) is 0 Å². The molecule has 0 unspecified atom stereocenters. The molecule has 1 aliphatic heterocycles. The summed E-state index contributed by atoms with van der Waals surface area (Å²) < 4.78 is 13.0. The first-order chi connectivity index (χ1) is 8.97. The normalized spacial score (nSPS) is 16.5. The van der Waals surface area contributed by atoms with E-state index in [1.165, 1.54) is 12.1 Å². The third-order valence-corrected chi connectivity index (χ3v) is 3.60. The number of fused-ring (bicyclic) bond motifs is 1. The van der Waals surface area contributed by atoms with Crippen LogP contribution in [0.25, 0.3) is 0 Å². The summed E-state index contributed by atoms with van der Waals surface area (Å²) in [6, 6.07) is 6.39. The topological polar surface area (TPSA) is 29.0 Å². The van der Waals surface area contributed by atoms with Crippen molar-refractivity contribution in [2.75, 3.05) is 11.4 Å². The molecule has 1 aliphatic rings. The first-order valence-corrected chi connectivity index (χ1v) is 6.41. The molecule has 3 nitrogen and oxygen atoms in total. The standard InChI is InChI=1S/C14H13ClFN3/c1-14(2)8-19(10-5-3-9(16)4-6-10)12-11(14)7-17-13(15)18-12/h3-7H,8H2,1-2H3. The Morgan fingerprint density at radius 3 is 2.63 bits per heavy atom. The quantitative estimate of drug-likeness (QED) is 0.744. The Balaban J connectivity index is 2.11. The fraction of sp³-hybridized carbons (Fsp3) is 0.286. The lowest BCUT2D eigenvalue weighted by Crippen LogP contribution is -2.25. The smallest absolute Gasteiger partial charge is 0.224 e. The molecule has 3 rings (SSSR count). The lowest BCUT2D eigenvalue weighted by Gasteiger charge is -2.21. The van der Waals surface area contributed by atoms with Gasteiger partial charge in [-0.05, 0) is 35.9 Å². The highest BCUT2D eigenvalue weighted by Crippen LogP contribution is 2.42. The second-order valence-corrected chi connectivity index (χ2v) is 5.66. The van der Waals surface area contributed by atoms with E-state index in [4.69, 9.17) is 11.6 Å². The Kier molecular flexibility index (Phi) is 2.71. The van der Waals surface area contributed by atoms with Crippen molar-refractivity contribution in [1.82, 2.24) is 9.97 Å². The number of anilines is 2. The molecule has 0 atom stereocenters. The summed E-state index contributed by atoms with van der Waals surface area (Å²) in [5, 5.41) is 0.226. The molecule has 0 fully saturated rings. The molecule has 1 aromatic heterocycles. The molecular formula is C14H13ClFN3. The van der Waals surface area contributed by atoms with Gasteiger partial charge in [0.2, 0.25) is 5.28 Å². The van der Waals surface area contributed by atoms with Gasteiger partial charge in [-0.1, -0.05) is 13.8 Å². The number of hydrogen-bond donors (Lipinski definition) is 0. The number of halogens is 2. The van der Waals surface area contributed by atoms with Gasteiger partial charge in [0.1, 0.15) is 11.6 Å². The highest BCUT2D eigenvalue weighted by Gasteiger charge is 2.37. The summed E-state index contributed by atoms with van der Waals surface area (Å²) in [5.41, 5.74) is 1.90. The van der Waals surface area contributed by atoms with Crippen molar-refractivity contribution in [3.05, 3.63) is 47.1 Å². The van der Waals surface area contributed by atoms with Crippen LogP contribution in [-0.4, -0.2) is 16.5 Å². The van der Waals surface area contributed by atoms with Crippen LogP contribution in [0.5, 0.6) is 0 Å². The molecule has 0 saturated carbocycles. The lowest BCUT2D eigenvalue weighted by molar-refractivity contribution is 0.567. The van der Waals surface area contributed by atoms with E-state index in [2.05, 4.69) is 23.8 Å². The highest BCUT2D eigenvalue weighted by molar-refractivity contribution is 6.28. The van der Waals surface area contributed by atoms with Gasteiger partial charge in [0, 0.05) is 29.4 Å². The van der Waals surface area contributed by atoms with E-state index in [0.717, 1.165) is 23.6 Å². The third-order valence-electron chi connectivity index (χ3n) is 3.42. The summed E-state index contributed by atoms with van der Waals surface area (Å²) in [6.45, 7) is 5.03. The van der Waals surface area contributed by atoms with E-state index in [1.54, 1.807) is 18.3 Å². The summed E-state index contributed by atoms with van der Waals surface area (Å²) in [7, 11) is 0. The Hall–Kier alpha value is -1.68. The Labute approximate surface area is 116 Å². The zero-order valence-electron chi connectivity index (χ0n) is 10.7. The van der Waals surface area contributed by atoms with Gasteiger partial charge in [-0.15, -0.1) is 0 Å². The van der Waals surface area contributed by atoms with Crippen molar-refractivity contribution in [2.45, 2.75) is 19.3 Å². The predicted molar refractivity (Wildman–Crippen MR) is 73.5 cm³/mol. The van der Waals surface area contributed by atoms with E-state index in [9.17, 15) is 4.39 Å². The first-order valence-electron chi connectivity index (χ1n) is 6.03. The van der Waals surface area contributed by atoms with E-state index in [1.807, 2.05) is 4.90 Å². The summed E-state index contributed by atoms with van der Waals surface area (Å²) in [6.07, 6.45) is 1.77. The van der Waals surface area contributed by atoms with E-state index < -0.39 is 0 Å². The Bertz CT molecular complexity index is 625. The molecule has 0 radical (unpaired) electrons. The van der Waals surface area contributed by atoms with Gasteiger partial charge in [-0.2, -0.15) is 4.98 Å². The van der Waals surface area contributed by atoms with Gasteiger partial charge in [0.05, 0.1) is 0 Å². The minimum Gasteiger partial charge on any atom is -0.325 e. The van der Waals surface area contributed by atoms with E-state index >= 15 is 0 Å². The summed E-state index contributed by atoms with van der Waals surface area (Å²) >= 11 is 5.89. The number of aromatic nitrogens is 2. The molecule has 19 heavy (non-hydrogen) atoms. The maximum atomic E-state index is 13.0. The van der Waals surface area contributed by atoms with Crippen LogP contribution < -0.4 is 4.90 Å². The summed E-state index contributed by atoms with van der Waals surface area (Å²) in [5.74, 6) is 0.555. The van der Waals surface area contributed by atoms with Crippen molar-refractivity contribution < 1.29 is 4.39 Å². The van der Waals surface area contributed by atoms with Crippen LogP contribution in [0.4, 0.5) is 15.9 Å². The van der Waals surface area contributed by atoms with Gasteiger partial charge in [-0.3, -0.25) is 0 Å². The molecule has 0 amide bonds. The van der Waals surface area contributed by atoms with Crippen molar-refractivity contribution in [1.29, 1.82) is 0 Å². The van der Waals surface area contributed by atoms with Crippen LogP contribution in [0.15, 0.2) is 30.5 Å². The second kappa shape index (κ2) is 4.17. The average Bonchev–Trinajstić information content (AvgIpc) is 2.62. The molecule has 2 heterocycles. The van der Waals surface area contributed by atoms with Gasteiger partial charge in [0.25, 0.3) is 0 Å². The molecule has 1 aromatic carbocycles. The van der Waals surface area contributed by atoms with Gasteiger partial charge < -0.3 is 4.90 Å². The zero-order valence-corrected chi connectivity index (χ0v) is 11.4. The molecule has 5 heteroatoms. The third kappa shape index (κ3) is 2.06. The molecule has 0 saturated heterocycles. The predicted octanol–water partition coefficient (Wildman–Crippen LogP) is 3.70. The molecule has 0 N–H and O–H groups in total. The number of benzene rings is 1. The zero-order chi connectivity index (χ0) is 13.6. The number of hydrogen-bond acceptors (Lipinski definition) is 3. The average molecular weight is 278 g/mol. The SMILES string of the molecule is CC1(C)CN(c2ccc(F)cc2)c2nc(Cl)ncc21. The second-order valence-electron chi connectivity index (χ2n) is 5.32. The summed E-state index contributed by atoms with van der Waals surface area (Å²) in [4.78, 5) is 10.4. The van der Waals surface area contributed by atoms with Crippen molar-refractivity contribution >= 4 is 23.1 Å². The van der Waals surface area contributed by atoms with Crippen LogP contribution in [-0.2, 0) is 5.41 Å². The minimum atomic E-state index is -0.247. The molecule has 0 bridgehead atoms. The molecule has 98 valence electrons. The van der Waals surface area contributed by atoms with Crippen molar-refractivity contribution in [2.24, 2.45) is 0 Å². The molecule has 2 aromatic rings. The van der Waals surface area contributed by atoms with Gasteiger partial charge in [0.15, 0.2) is 0 Å². The Morgan fingerprint density at radius 2 is 1.95 bits per heavy atom. The molecule has 0 aliphatic carbocycles. The monoisotopic (exact) mass is 277 g/mol. The molecular weight excluding hydrogens is 265 g/mol. The van der Waals surface area contributed by atoms with E-state index in [0.29, 0.717) is 0 Å². The van der Waals surface area contributed by atoms with Crippen LogP contribution in [0, 0.1) is 5.82 Å². The van der Waals surface area contributed by atoms with Crippen molar-refractivity contribution in [3.8, 4) is 0 Å². The van der Waals surface area contributed by atoms with Crippen LogP contribution in [0.3, 0.4) is 0 Å². The molecule has 0 spiro atoms. The number of nitrogens with zero attached hydrogens (tertiary/aromatic N) is 3. The van der Waals surface area contributed by atoms with Gasteiger partial charge in [-0.25, -0.2) is 9.37 Å². The fourth-order valence-corrected chi connectivity index (χ4v) is 2.55. The minimum absolute atomic E-state index is 0.0612. The van der Waals surface area contributed by atoms with Crippen LogP contribution >= 0.6 is 11.6 Å². The Morgan fingerprint density at radius 1 is 1.26 bits per heavy atom. The van der Waals surface area contributed by atoms with E-state index in [-0.39, 0.29) is 16.5 Å². The largest absolute Gasteiger partial charge is 0.325 e. The fourth-order valence-electron chi connectivity index (χ4n) is 2.43. The van der Waals surface area contributed by atoms with Crippen LogP contribution in [0.2, 0.25) is 5.28 Å². The highest BCUT2D eigenvalue weighted by atomic mass is 35.5. The van der Waals surface area contributed by atoms with Gasteiger partial charge >= 0.3 is 0 Å². The maximum absolute atomic E-state index is 13.0. The lowest BCUT2D eigenvalue weighted by atomic mass is 9.89. The van der Waals surface area contributed by atoms with Crippen LogP contribution in [0.1, 0.15) is 19.4 Å².